The number of aromatic amines is 1. The van der Waals surface area contributed by atoms with E-state index in [0.717, 1.165) is 40.3 Å². The van der Waals surface area contributed by atoms with E-state index in [9.17, 15) is 9.59 Å². The van der Waals surface area contributed by atoms with E-state index < -0.39 is 5.91 Å². The number of carbonyl (C=O) groups excluding carboxylic acids is 2. The fourth-order valence-electron chi connectivity index (χ4n) is 4.39. The topological polar surface area (TPSA) is 104 Å². The molecular formula is C24H25N5O3. The first-order valence-corrected chi connectivity index (χ1v) is 10.6. The first-order valence-electron chi connectivity index (χ1n) is 10.6. The smallest absolute Gasteiger partial charge is 0.250 e. The standard InChI is InChI=1S/C24H25N5O3/c1-3-22(30)29-12-15(13-29)28(2)20-6-5-16(24(25)31)23-17(20)11-18(27-23)14-4-7-21-19(10-14)26-8-9-32-21/h3-7,10-11,15,26-27H,1,8-9,12-13H2,2H3,(H2,25,31). The van der Waals surface area contributed by atoms with Gasteiger partial charge < -0.3 is 30.6 Å². The Balaban J connectivity index is 1.53. The highest BCUT2D eigenvalue weighted by Gasteiger charge is 2.33. The van der Waals surface area contributed by atoms with E-state index in [2.05, 4.69) is 21.8 Å². The van der Waals surface area contributed by atoms with Gasteiger partial charge in [-0.2, -0.15) is 0 Å². The molecule has 1 aromatic heterocycles. The lowest BCUT2D eigenvalue weighted by atomic mass is 10.0. The summed E-state index contributed by atoms with van der Waals surface area (Å²) in [5.41, 5.74) is 10.6. The van der Waals surface area contributed by atoms with Crippen molar-refractivity contribution in [3.05, 3.63) is 54.6 Å². The molecule has 2 aromatic carbocycles. The van der Waals surface area contributed by atoms with Crippen LogP contribution in [-0.2, 0) is 4.79 Å². The summed E-state index contributed by atoms with van der Waals surface area (Å²) >= 11 is 0. The molecule has 0 bridgehead atoms. The van der Waals surface area contributed by atoms with Gasteiger partial charge in [0.2, 0.25) is 5.91 Å². The van der Waals surface area contributed by atoms with Crippen molar-refractivity contribution in [2.45, 2.75) is 6.04 Å². The predicted octanol–water partition coefficient (Wildman–Crippen LogP) is 2.57. The zero-order valence-corrected chi connectivity index (χ0v) is 17.9. The quantitative estimate of drug-likeness (QED) is 0.539. The van der Waals surface area contributed by atoms with Crippen molar-refractivity contribution in [1.29, 1.82) is 0 Å². The lowest BCUT2D eigenvalue weighted by Crippen LogP contribution is -2.60. The third-order valence-electron chi connectivity index (χ3n) is 6.28. The zero-order chi connectivity index (χ0) is 22.4. The number of anilines is 2. The lowest BCUT2D eigenvalue weighted by Gasteiger charge is -2.44. The van der Waals surface area contributed by atoms with Gasteiger partial charge in [0.15, 0.2) is 0 Å². The summed E-state index contributed by atoms with van der Waals surface area (Å²) in [6.45, 7) is 6.23. The summed E-state index contributed by atoms with van der Waals surface area (Å²) in [5.74, 6) is 0.292. The number of amides is 2. The van der Waals surface area contributed by atoms with Crippen LogP contribution in [0.3, 0.4) is 0 Å². The number of carbonyl (C=O) groups is 2. The SMILES string of the molecule is C=CC(=O)N1CC(N(C)c2ccc(C(N)=O)c3[nH]c(-c4ccc5c(c4)NCCO5)cc23)C1. The Hall–Kier alpha value is -3.94. The molecule has 1 saturated heterocycles. The predicted molar refractivity (Wildman–Crippen MR) is 125 cm³/mol. The largest absolute Gasteiger partial charge is 0.490 e. The van der Waals surface area contributed by atoms with Crippen LogP contribution in [0.2, 0.25) is 0 Å². The highest BCUT2D eigenvalue weighted by molar-refractivity contribution is 6.10. The van der Waals surface area contributed by atoms with Gasteiger partial charge in [-0.3, -0.25) is 9.59 Å². The molecule has 3 heterocycles. The fraction of sp³-hybridized carbons (Fsp3) is 0.250. The maximum Gasteiger partial charge on any atom is 0.250 e. The number of ether oxygens (including phenoxy) is 1. The number of benzene rings is 2. The van der Waals surface area contributed by atoms with Crippen LogP contribution in [-0.4, -0.2) is 61.0 Å². The zero-order valence-electron chi connectivity index (χ0n) is 17.9. The third-order valence-corrected chi connectivity index (χ3v) is 6.28. The molecule has 3 aromatic rings. The van der Waals surface area contributed by atoms with Crippen LogP contribution in [0.5, 0.6) is 5.75 Å². The Morgan fingerprint density at radius 3 is 2.81 bits per heavy atom. The van der Waals surface area contributed by atoms with Gasteiger partial charge in [-0.05, 0) is 42.5 Å². The molecule has 2 aliphatic heterocycles. The first-order chi connectivity index (χ1) is 15.5. The second-order valence-corrected chi connectivity index (χ2v) is 8.17. The number of likely N-dealkylation sites (N-methyl/N-ethyl adjacent to an activating group) is 1. The molecule has 2 amide bonds. The van der Waals surface area contributed by atoms with Gasteiger partial charge in [0.1, 0.15) is 12.4 Å². The Bertz CT molecular complexity index is 1240. The minimum atomic E-state index is -0.482. The molecular weight excluding hydrogens is 406 g/mol. The minimum Gasteiger partial charge on any atom is -0.490 e. The average molecular weight is 431 g/mol. The van der Waals surface area contributed by atoms with Crippen molar-refractivity contribution in [2.75, 3.05) is 43.5 Å². The first kappa shape index (κ1) is 20.0. The average Bonchev–Trinajstić information content (AvgIpc) is 3.22. The summed E-state index contributed by atoms with van der Waals surface area (Å²) in [6, 6.07) is 11.9. The molecule has 0 radical (unpaired) electrons. The summed E-state index contributed by atoms with van der Waals surface area (Å²) in [4.78, 5) is 31.2. The van der Waals surface area contributed by atoms with E-state index in [-0.39, 0.29) is 11.9 Å². The molecule has 1 fully saturated rings. The molecule has 8 nitrogen and oxygen atoms in total. The molecule has 32 heavy (non-hydrogen) atoms. The summed E-state index contributed by atoms with van der Waals surface area (Å²) in [5, 5.41) is 4.26. The van der Waals surface area contributed by atoms with Crippen LogP contribution in [0.1, 0.15) is 10.4 Å². The van der Waals surface area contributed by atoms with E-state index >= 15 is 0 Å². The van der Waals surface area contributed by atoms with Gasteiger partial charge in [-0.25, -0.2) is 0 Å². The third kappa shape index (κ3) is 3.24. The molecule has 4 N–H and O–H groups in total. The van der Waals surface area contributed by atoms with Gasteiger partial charge in [0, 0.05) is 49.0 Å². The van der Waals surface area contributed by atoms with Gasteiger partial charge in [0.05, 0.1) is 22.8 Å². The van der Waals surface area contributed by atoms with Crippen molar-refractivity contribution in [3.63, 3.8) is 0 Å². The van der Waals surface area contributed by atoms with E-state index in [1.807, 2.05) is 37.4 Å². The maximum absolute atomic E-state index is 12.1. The molecule has 0 spiro atoms. The van der Waals surface area contributed by atoms with Crippen LogP contribution in [0, 0.1) is 0 Å². The van der Waals surface area contributed by atoms with E-state index in [1.54, 1.807) is 11.0 Å². The Morgan fingerprint density at radius 1 is 1.25 bits per heavy atom. The molecule has 8 heteroatoms. The van der Waals surface area contributed by atoms with Gasteiger partial charge in [0.25, 0.3) is 5.91 Å². The Morgan fingerprint density at radius 2 is 2.06 bits per heavy atom. The lowest BCUT2D eigenvalue weighted by molar-refractivity contribution is -0.130. The van der Waals surface area contributed by atoms with E-state index in [0.29, 0.717) is 30.8 Å². The van der Waals surface area contributed by atoms with Crippen molar-refractivity contribution in [1.82, 2.24) is 9.88 Å². The summed E-state index contributed by atoms with van der Waals surface area (Å²) in [7, 11) is 2.01. The van der Waals surface area contributed by atoms with Crippen molar-refractivity contribution < 1.29 is 14.3 Å². The van der Waals surface area contributed by atoms with Crippen LogP contribution >= 0.6 is 0 Å². The number of H-pyrrole nitrogens is 1. The van der Waals surface area contributed by atoms with Crippen molar-refractivity contribution >= 4 is 34.1 Å². The normalized spacial score (nSPS) is 15.3. The molecule has 5 rings (SSSR count). The van der Waals surface area contributed by atoms with Gasteiger partial charge in [-0.15, -0.1) is 0 Å². The van der Waals surface area contributed by atoms with Crippen LogP contribution in [0.4, 0.5) is 11.4 Å². The molecule has 2 aliphatic rings. The van der Waals surface area contributed by atoms with E-state index in [1.165, 1.54) is 6.08 Å². The van der Waals surface area contributed by atoms with Crippen LogP contribution in [0.15, 0.2) is 49.1 Å². The number of rotatable bonds is 5. The Kier molecular flexibility index (Phi) is 4.77. The molecule has 0 unspecified atom stereocenters. The number of fused-ring (bicyclic) bond motifs is 2. The van der Waals surface area contributed by atoms with Gasteiger partial charge in [-0.1, -0.05) is 6.58 Å². The number of nitrogens with one attached hydrogen (secondary N) is 2. The second-order valence-electron chi connectivity index (χ2n) is 8.17. The van der Waals surface area contributed by atoms with Crippen LogP contribution in [0.25, 0.3) is 22.2 Å². The fourth-order valence-corrected chi connectivity index (χ4v) is 4.39. The highest BCUT2D eigenvalue weighted by Crippen LogP contribution is 2.37. The number of nitrogens with two attached hydrogens (primary N) is 1. The number of nitrogens with zero attached hydrogens (tertiary/aromatic N) is 2. The molecule has 0 atom stereocenters. The van der Waals surface area contributed by atoms with Crippen molar-refractivity contribution in [2.24, 2.45) is 5.73 Å². The second kappa shape index (κ2) is 7.64. The number of primary amides is 1. The molecule has 164 valence electrons. The summed E-state index contributed by atoms with van der Waals surface area (Å²) < 4.78 is 5.68. The maximum atomic E-state index is 12.1. The van der Waals surface area contributed by atoms with E-state index in [4.69, 9.17) is 10.5 Å². The number of hydrogen-bond acceptors (Lipinski definition) is 5. The molecule has 0 aliphatic carbocycles. The number of hydrogen-bond donors (Lipinski definition) is 3. The molecule has 0 saturated carbocycles. The van der Waals surface area contributed by atoms with Crippen LogP contribution < -0.4 is 20.7 Å². The monoisotopic (exact) mass is 431 g/mol. The number of aromatic nitrogens is 1. The number of likely N-dealkylation sites (tertiary alicyclic amines) is 1. The van der Waals surface area contributed by atoms with Crippen molar-refractivity contribution in [3.8, 4) is 17.0 Å². The van der Waals surface area contributed by atoms with Gasteiger partial charge >= 0.3 is 0 Å². The minimum absolute atomic E-state index is 0.0576. The highest BCUT2D eigenvalue weighted by atomic mass is 16.5. The summed E-state index contributed by atoms with van der Waals surface area (Å²) in [6.07, 6.45) is 1.34. The Labute approximate surface area is 185 Å².